The van der Waals surface area contributed by atoms with Crippen LogP contribution in [0.2, 0.25) is 0 Å². The minimum Gasteiger partial charge on any atom is -0.380 e. The van der Waals surface area contributed by atoms with E-state index in [0.29, 0.717) is 37.3 Å². The molecule has 0 spiro atoms. The Balaban J connectivity index is 0.00000264. The molecule has 0 aliphatic carbocycles. The van der Waals surface area contributed by atoms with Gasteiger partial charge in [-0.2, -0.15) is 13.2 Å². The van der Waals surface area contributed by atoms with Crippen molar-refractivity contribution in [3.63, 3.8) is 0 Å². The third-order valence-electron chi connectivity index (χ3n) is 3.14. The Morgan fingerprint density at radius 1 is 1.43 bits per heavy atom. The molecule has 132 valence electrons. The zero-order valence-corrected chi connectivity index (χ0v) is 16.0. The molecule has 0 atom stereocenters. The van der Waals surface area contributed by atoms with Crippen LogP contribution in [0.5, 0.6) is 0 Å². The van der Waals surface area contributed by atoms with E-state index in [4.69, 9.17) is 4.74 Å². The molecule has 1 aliphatic rings. The second kappa shape index (κ2) is 8.47. The molecule has 1 aromatic heterocycles. The smallest absolute Gasteiger partial charge is 0.380 e. The normalized spacial score (nSPS) is 17.2. The first-order chi connectivity index (χ1) is 10.3. The number of rotatable bonds is 5. The highest BCUT2D eigenvalue weighted by molar-refractivity contribution is 14.0. The lowest BCUT2D eigenvalue weighted by atomic mass is 9.89. The fourth-order valence-electron chi connectivity index (χ4n) is 1.85. The van der Waals surface area contributed by atoms with Gasteiger partial charge in [0.05, 0.1) is 19.8 Å². The second-order valence-electron chi connectivity index (χ2n) is 5.48. The summed E-state index contributed by atoms with van der Waals surface area (Å²) in [6.45, 7) is 6.90. The number of nitrogens with zero attached hydrogens (tertiary/aromatic N) is 2. The number of nitrogens with one attached hydrogen (secondary N) is 2. The predicted molar refractivity (Wildman–Crippen MR) is 94.3 cm³/mol. The Labute approximate surface area is 154 Å². The molecule has 0 bridgehead atoms. The van der Waals surface area contributed by atoms with Gasteiger partial charge >= 0.3 is 6.18 Å². The number of guanidine groups is 1. The van der Waals surface area contributed by atoms with Crippen molar-refractivity contribution in [2.45, 2.75) is 26.6 Å². The minimum atomic E-state index is -4.40. The quantitative estimate of drug-likeness (QED) is 0.400. The van der Waals surface area contributed by atoms with E-state index in [2.05, 4.69) is 27.5 Å². The van der Waals surface area contributed by atoms with Crippen LogP contribution in [0.1, 0.15) is 24.5 Å². The maximum atomic E-state index is 12.5. The monoisotopic (exact) mass is 464 g/mol. The zero-order chi connectivity index (χ0) is 16.2. The maximum Gasteiger partial charge on any atom is 0.434 e. The molecule has 1 aliphatic heterocycles. The van der Waals surface area contributed by atoms with Gasteiger partial charge in [-0.15, -0.1) is 35.3 Å². The number of ether oxygens (including phenoxy) is 1. The van der Waals surface area contributed by atoms with Crippen LogP contribution >= 0.6 is 35.3 Å². The molecule has 0 unspecified atom stereocenters. The first-order valence-corrected chi connectivity index (χ1v) is 7.82. The molecule has 1 fully saturated rings. The average Bonchev–Trinajstić information content (AvgIpc) is 2.88. The largest absolute Gasteiger partial charge is 0.434 e. The van der Waals surface area contributed by atoms with Crippen molar-refractivity contribution in [2.75, 3.05) is 26.3 Å². The highest BCUT2D eigenvalue weighted by atomic mass is 127. The van der Waals surface area contributed by atoms with E-state index >= 15 is 0 Å². The number of aliphatic imine (C=N–C) groups is 1. The molecule has 0 aromatic carbocycles. The second-order valence-corrected chi connectivity index (χ2v) is 6.42. The molecular weight excluding hydrogens is 444 g/mol. The van der Waals surface area contributed by atoms with Gasteiger partial charge < -0.3 is 15.4 Å². The fourth-order valence-corrected chi connectivity index (χ4v) is 2.58. The zero-order valence-electron chi connectivity index (χ0n) is 12.9. The Morgan fingerprint density at radius 2 is 2.13 bits per heavy atom. The summed E-state index contributed by atoms with van der Waals surface area (Å²) in [6, 6.07) is 0. The summed E-state index contributed by atoms with van der Waals surface area (Å²) in [4.78, 5) is 7.84. The van der Waals surface area contributed by atoms with Crippen molar-refractivity contribution < 1.29 is 17.9 Å². The van der Waals surface area contributed by atoms with Crippen LogP contribution < -0.4 is 10.6 Å². The van der Waals surface area contributed by atoms with Crippen molar-refractivity contribution in [1.29, 1.82) is 0 Å². The lowest BCUT2D eigenvalue weighted by Crippen LogP contribution is -2.51. The van der Waals surface area contributed by atoms with E-state index in [1.807, 2.05) is 6.92 Å². The third kappa shape index (κ3) is 6.07. The molecule has 23 heavy (non-hydrogen) atoms. The van der Waals surface area contributed by atoms with Crippen LogP contribution in [0.4, 0.5) is 13.2 Å². The number of halogens is 4. The number of hydrogen-bond acceptors (Lipinski definition) is 4. The molecule has 2 N–H and O–H groups in total. The van der Waals surface area contributed by atoms with Gasteiger partial charge in [0.15, 0.2) is 11.7 Å². The molecule has 1 aromatic rings. The molecule has 1 saturated heterocycles. The van der Waals surface area contributed by atoms with Crippen LogP contribution in [0, 0.1) is 5.41 Å². The molecule has 5 nitrogen and oxygen atoms in total. The van der Waals surface area contributed by atoms with E-state index in [-0.39, 0.29) is 35.9 Å². The first-order valence-electron chi connectivity index (χ1n) is 6.94. The maximum absolute atomic E-state index is 12.5. The van der Waals surface area contributed by atoms with E-state index in [1.54, 1.807) is 0 Å². The van der Waals surface area contributed by atoms with Crippen LogP contribution in [0.25, 0.3) is 0 Å². The molecule has 0 saturated carbocycles. The minimum absolute atomic E-state index is 0. The summed E-state index contributed by atoms with van der Waals surface area (Å²) in [7, 11) is 0. The van der Waals surface area contributed by atoms with Crippen molar-refractivity contribution in [1.82, 2.24) is 15.6 Å². The van der Waals surface area contributed by atoms with Crippen LogP contribution in [0.15, 0.2) is 10.4 Å². The average molecular weight is 464 g/mol. The summed E-state index contributed by atoms with van der Waals surface area (Å²) in [5, 5.41) is 7.59. The molecule has 2 rings (SSSR count). The summed E-state index contributed by atoms with van der Waals surface area (Å²) >= 11 is 0.962. The van der Waals surface area contributed by atoms with E-state index in [0.717, 1.165) is 16.7 Å². The van der Waals surface area contributed by atoms with Crippen LogP contribution in [0.3, 0.4) is 0 Å². The van der Waals surface area contributed by atoms with Gasteiger partial charge in [0.2, 0.25) is 0 Å². The van der Waals surface area contributed by atoms with Gasteiger partial charge in [0, 0.05) is 23.9 Å². The summed E-state index contributed by atoms with van der Waals surface area (Å²) in [5.41, 5.74) is -0.777. The van der Waals surface area contributed by atoms with Crippen molar-refractivity contribution >= 4 is 41.3 Å². The van der Waals surface area contributed by atoms with Gasteiger partial charge in [-0.25, -0.2) is 9.98 Å². The van der Waals surface area contributed by atoms with Gasteiger partial charge in [-0.1, -0.05) is 6.92 Å². The Kier molecular flexibility index (Phi) is 7.52. The molecule has 0 amide bonds. The van der Waals surface area contributed by atoms with Crippen LogP contribution in [-0.2, 0) is 17.5 Å². The summed E-state index contributed by atoms with van der Waals surface area (Å²) in [5.74, 6) is 0.569. The van der Waals surface area contributed by atoms with Crippen molar-refractivity contribution in [3.05, 3.63) is 16.1 Å². The Bertz CT molecular complexity index is 532. The molecular formula is C13H20F3IN4OS. The number of hydrogen-bond donors (Lipinski definition) is 2. The SMILES string of the molecule is CCNC(=NCc1nc(C(F)(F)F)cs1)NCC1(C)COC1.I. The highest BCUT2D eigenvalue weighted by Crippen LogP contribution is 2.30. The molecule has 2 heterocycles. The topological polar surface area (TPSA) is 58.5 Å². The lowest BCUT2D eigenvalue weighted by molar-refractivity contribution is -0.140. The van der Waals surface area contributed by atoms with Gasteiger partial charge in [-0.3, -0.25) is 0 Å². The predicted octanol–water partition coefficient (Wildman–Crippen LogP) is 2.87. The third-order valence-corrected chi connectivity index (χ3v) is 3.98. The van der Waals surface area contributed by atoms with Gasteiger partial charge in [0.25, 0.3) is 0 Å². The molecule has 10 heteroatoms. The highest BCUT2D eigenvalue weighted by Gasteiger charge is 2.34. The van der Waals surface area contributed by atoms with E-state index < -0.39 is 11.9 Å². The van der Waals surface area contributed by atoms with Crippen LogP contribution in [-0.4, -0.2) is 37.2 Å². The first kappa shape index (κ1) is 20.4. The fraction of sp³-hybridized carbons (Fsp3) is 0.692. The number of alkyl halides is 3. The van der Waals surface area contributed by atoms with E-state index in [9.17, 15) is 13.2 Å². The number of aromatic nitrogens is 1. The Hall–Kier alpha value is -0.620. The number of thiazole rings is 1. The standard InChI is InChI=1S/C13H19F3N4OS.HI/c1-3-17-11(19-6-12(2)7-21-8-12)18-4-10-20-9(5-22-10)13(14,15)16;/h5H,3-4,6-8H2,1-2H3,(H2,17,18,19);1H. The van der Waals surface area contributed by atoms with Gasteiger partial charge in [-0.05, 0) is 6.92 Å². The lowest BCUT2D eigenvalue weighted by Gasteiger charge is -2.38. The summed E-state index contributed by atoms with van der Waals surface area (Å²) in [6.07, 6.45) is -4.40. The Morgan fingerprint density at radius 3 is 2.61 bits per heavy atom. The molecule has 0 radical (unpaired) electrons. The summed E-state index contributed by atoms with van der Waals surface area (Å²) < 4.78 is 42.6. The van der Waals surface area contributed by atoms with E-state index in [1.165, 1.54) is 0 Å². The van der Waals surface area contributed by atoms with Gasteiger partial charge in [0.1, 0.15) is 5.01 Å². The van der Waals surface area contributed by atoms with Crippen molar-refractivity contribution in [2.24, 2.45) is 10.4 Å². The van der Waals surface area contributed by atoms with Crippen molar-refractivity contribution in [3.8, 4) is 0 Å².